The van der Waals surface area contributed by atoms with Gasteiger partial charge in [-0.1, -0.05) is 72.8 Å². The maximum absolute atomic E-state index is 13.7. The van der Waals surface area contributed by atoms with E-state index in [0.717, 1.165) is 22.4 Å². The smallest absolute Gasteiger partial charge is 0.267 e. The third-order valence-electron chi connectivity index (χ3n) is 6.49. The van der Waals surface area contributed by atoms with E-state index in [0.29, 0.717) is 27.1 Å². The first-order valence-electron chi connectivity index (χ1n) is 12.8. The Morgan fingerprint density at radius 2 is 1.65 bits per heavy atom. The van der Waals surface area contributed by atoms with Crippen LogP contribution in [0.25, 0.3) is 6.08 Å². The number of hydrogen-bond acceptors (Lipinski definition) is 6. The molecule has 5 rings (SSSR count). The van der Waals surface area contributed by atoms with Gasteiger partial charge in [0.1, 0.15) is 6.61 Å². The van der Waals surface area contributed by atoms with E-state index < -0.39 is 0 Å². The molecule has 1 saturated heterocycles. The van der Waals surface area contributed by atoms with Crippen molar-refractivity contribution in [3.63, 3.8) is 0 Å². The van der Waals surface area contributed by atoms with Gasteiger partial charge in [0.15, 0.2) is 16.7 Å². The Morgan fingerprint density at radius 1 is 0.950 bits per heavy atom. The minimum absolute atomic E-state index is 0.108. The second kappa shape index (κ2) is 12.4. The predicted molar refractivity (Wildman–Crippen MR) is 159 cm³/mol. The van der Waals surface area contributed by atoms with Crippen molar-refractivity contribution in [2.45, 2.75) is 19.6 Å². The molecule has 0 radical (unpaired) electrons. The third-order valence-corrected chi connectivity index (χ3v) is 7.48. The van der Waals surface area contributed by atoms with Crippen molar-refractivity contribution < 1.29 is 14.3 Å². The van der Waals surface area contributed by atoms with Crippen molar-refractivity contribution in [2.24, 2.45) is 4.99 Å². The summed E-state index contributed by atoms with van der Waals surface area (Å²) in [5.41, 5.74) is 3.97. The van der Waals surface area contributed by atoms with Crippen LogP contribution in [-0.2, 0) is 11.4 Å². The first-order valence-corrected chi connectivity index (χ1v) is 13.6. The standard InChI is InChI=1S/C33H27N3O3S/c1-23(25-11-5-3-6-12-25)36-32(37)31(40-33(36)35-28-15-7-4-8-16-28)20-24-17-18-29(30(19-24)38-2)39-22-27-14-10-9-13-26(27)21-34/h3-20,23H,22H2,1-2H3/b31-20+,35-33?/t23-/m0/s1. The fraction of sp³-hybridized carbons (Fsp3) is 0.121. The molecular formula is C33H27N3O3S. The highest BCUT2D eigenvalue weighted by atomic mass is 32.2. The van der Waals surface area contributed by atoms with Gasteiger partial charge in [0.25, 0.3) is 5.91 Å². The quantitative estimate of drug-likeness (QED) is 0.214. The van der Waals surface area contributed by atoms with Gasteiger partial charge in [-0.15, -0.1) is 0 Å². The van der Waals surface area contributed by atoms with Crippen LogP contribution in [0.3, 0.4) is 0 Å². The van der Waals surface area contributed by atoms with Gasteiger partial charge < -0.3 is 9.47 Å². The lowest BCUT2D eigenvalue weighted by atomic mass is 10.1. The average molecular weight is 546 g/mol. The lowest BCUT2D eigenvalue weighted by Gasteiger charge is -2.24. The number of carbonyl (C=O) groups excluding carboxylic acids is 1. The molecular weight excluding hydrogens is 518 g/mol. The summed E-state index contributed by atoms with van der Waals surface area (Å²) < 4.78 is 11.6. The van der Waals surface area contributed by atoms with E-state index in [1.807, 2.05) is 110 Å². The molecule has 1 amide bonds. The molecule has 0 N–H and O–H groups in total. The second-order valence-corrected chi connectivity index (χ2v) is 10.1. The summed E-state index contributed by atoms with van der Waals surface area (Å²) in [6.45, 7) is 2.25. The van der Waals surface area contributed by atoms with Gasteiger partial charge in [-0.25, -0.2) is 4.99 Å². The number of carbonyl (C=O) groups is 1. The summed E-state index contributed by atoms with van der Waals surface area (Å²) in [5, 5.41) is 9.98. The molecule has 0 aliphatic carbocycles. The number of methoxy groups -OCH3 is 1. The highest BCUT2D eigenvalue weighted by Crippen LogP contribution is 2.40. The number of amides is 1. The maximum Gasteiger partial charge on any atom is 0.267 e. The Hall–Kier alpha value is -4.80. The van der Waals surface area contributed by atoms with Crippen LogP contribution in [0.4, 0.5) is 5.69 Å². The topological polar surface area (TPSA) is 74.9 Å². The van der Waals surface area contributed by atoms with E-state index >= 15 is 0 Å². The number of thioether (sulfide) groups is 1. The summed E-state index contributed by atoms with van der Waals surface area (Å²) >= 11 is 1.35. The monoisotopic (exact) mass is 545 g/mol. The van der Waals surface area contributed by atoms with Crippen LogP contribution < -0.4 is 9.47 Å². The molecule has 1 aliphatic rings. The molecule has 1 heterocycles. The molecule has 7 heteroatoms. The molecule has 1 atom stereocenters. The van der Waals surface area contributed by atoms with Crippen molar-refractivity contribution in [3.8, 4) is 17.6 Å². The second-order valence-electron chi connectivity index (χ2n) is 9.07. The normalized spacial score (nSPS) is 15.7. The van der Waals surface area contributed by atoms with Crippen LogP contribution in [0, 0.1) is 11.3 Å². The number of ether oxygens (including phenoxy) is 2. The van der Waals surface area contributed by atoms with Crippen molar-refractivity contribution in [2.75, 3.05) is 7.11 Å². The van der Waals surface area contributed by atoms with Crippen molar-refractivity contribution >= 4 is 34.6 Å². The number of nitrogens with zero attached hydrogens (tertiary/aromatic N) is 3. The molecule has 4 aromatic carbocycles. The Labute approximate surface area is 238 Å². The van der Waals surface area contributed by atoms with Crippen LogP contribution in [-0.4, -0.2) is 23.1 Å². The number of para-hydroxylation sites is 1. The predicted octanol–water partition coefficient (Wildman–Crippen LogP) is 7.51. The zero-order valence-electron chi connectivity index (χ0n) is 22.2. The van der Waals surface area contributed by atoms with E-state index in [2.05, 4.69) is 6.07 Å². The molecule has 1 aliphatic heterocycles. The average Bonchev–Trinajstić information content (AvgIpc) is 3.30. The van der Waals surface area contributed by atoms with Crippen molar-refractivity contribution in [3.05, 3.63) is 130 Å². The Morgan fingerprint density at radius 3 is 2.38 bits per heavy atom. The van der Waals surface area contributed by atoms with Gasteiger partial charge in [0, 0.05) is 5.56 Å². The van der Waals surface area contributed by atoms with Crippen LogP contribution >= 0.6 is 11.8 Å². The third kappa shape index (κ3) is 5.93. The van der Waals surface area contributed by atoms with Gasteiger partial charge in [0.2, 0.25) is 0 Å². The van der Waals surface area contributed by atoms with Gasteiger partial charge in [0.05, 0.1) is 35.4 Å². The SMILES string of the molecule is COc1cc(/C=C2/SC(=Nc3ccccc3)N([C@@H](C)c3ccccc3)C2=O)ccc1OCc1ccccc1C#N. The zero-order chi connectivity index (χ0) is 27.9. The summed E-state index contributed by atoms with van der Waals surface area (Å²) in [5.74, 6) is 0.976. The fourth-order valence-electron chi connectivity index (χ4n) is 4.36. The van der Waals surface area contributed by atoms with E-state index in [-0.39, 0.29) is 18.6 Å². The molecule has 0 aromatic heterocycles. The molecule has 0 unspecified atom stereocenters. The largest absolute Gasteiger partial charge is 0.493 e. The number of benzene rings is 4. The zero-order valence-corrected chi connectivity index (χ0v) is 23.0. The van der Waals surface area contributed by atoms with Crippen LogP contribution in [0.15, 0.2) is 113 Å². The summed E-state index contributed by atoms with van der Waals surface area (Å²) in [7, 11) is 1.58. The number of amidine groups is 1. The first-order chi connectivity index (χ1) is 19.6. The summed E-state index contributed by atoms with van der Waals surface area (Å²) in [6, 6.07) is 34.4. The Kier molecular flexibility index (Phi) is 8.29. The minimum atomic E-state index is -0.198. The highest BCUT2D eigenvalue weighted by molar-refractivity contribution is 8.18. The molecule has 6 nitrogen and oxygen atoms in total. The van der Waals surface area contributed by atoms with Gasteiger partial charge in [-0.3, -0.25) is 9.69 Å². The molecule has 40 heavy (non-hydrogen) atoms. The van der Waals surface area contributed by atoms with E-state index in [4.69, 9.17) is 14.5 Å². The van der Waals surface area contributed by atoms with Gasteiger partial charge >= 0.3 is 0 Å². The summed E-state index contributed by atoms with van der Waals surface area (Å²) in [4.78, 5) is 20.9. The first kappa shape index (κ1) is 26.8. The van der Waals surface area contributed by atoms with Crippen molar-refractivity contribution in [1.82, 2.24) is 4.90 Å². The number of aliphatic imine (C=N–C) groups is 1. The van der Waals surface area contributed by atoms with E-state index in [9.17, 15) is 10.1 Å². The molecule has 198 valence electrons. The van der Waals surface area contributed by atoms with Gasteiger partial charge in [-0.2, -0.15) is 5.26 Å². The fourth-order valence-corrected chi connectivity index (χ4v) is 5.42. The van der Waals surface area contributed by atoms with Gasteiger partial charge in [-0.05, 0) is 66.2 Å². The molecule has 0 saturated carbocycles. The van der Waals surface area contributed by atoms with Crippen LogP contribution in [0.1, 0.15) is 35.2 Å². The van der Waals surface area contributed by atoms with E-state index in [1.54, 1.807) is 18.1 Å². The highest BCUT2D eigenvalue weighted by Gasteiger charge is 2.37. The molecule has 0 bridgehead atoms. The minimum Gasteiger partial charge on any atom is -0.493 e. The lowest BCUT2D eigenvalue weighted by Crippen LogP contribution is -2.32. The summed E-state index contributed by atoms with van der Waals surface area (Å²) in [6.07, 6.45) is 1.85. The lowest BCUT2D eigenvalue weighted by molar-refractivity contribution is -0.123. The molecule has 1 fully saturated rings. The van der Waals surface area contributed by atoms with E-state index in [1.165, 1.54) is 11.8 Å². The Balaban J connectivity index is 1.43. The van der Waals surface area contributed by atoms with Crippen molar-refractivity contribution in [1.29, 1.82) is 5.26 Å². The number of rotatable bonds is 8. The number of hydrogen-bond donors (Lipinski definition) is 0. The Bertz CT molecular complexity index is 1610. The maximum atomic E-state index is 13.7. The molecule has 0 spiro atoms. The van der Waals surface area contributed by atoms with Crippen LogP contribution in [0.2, 0.25) is 0 Å². The number of nitriles is 1. The van der Waals surface area contributed by atoms with Crippen LogP contribution in [0.5, 0.6) is 11.5 Å². The molecule has 4 aromatic rings.